The van der Waals surface area contributed by atoms with Crippen molar-refractivity contribution in [2.24, 2.45) is 0 Å². The van der Waals surface area contributed by atoms with Gasteiger partial charge in [0.2, 0.25) is 5.82 Å². The number of carbonyl (C=O) groups excluding carboxylic acids is 1. The highest BCUT2D eigenvalue weighted by atomic mass is 35.5. The number of nitrogens with one attached hydrogen (secondary N) is 1. The normalized spacial score (nSPS) is 11.0. The minimum atomic E-state index is -2.24. The molecule has 0 saturated carbocycles. The summed E-state index contributed by atoms with van der Waals surface area (Å²) in [6, 6.07) is 11.4. The number of hydrogen-bond acceptors (Lipinski definition) is 4. The first-order valence-corrected chi connectivity index (χ1v) is 11.8. The molecule has 4 aromatic rings. The summed E-state index contributed by atoms with van der Waals surface area (Å²) in [4.78, 5) is 13.1. The topological polar surface area (TPSA) is 65.4 Å². The van der Waals surface area contributed by atoms with Gasteiger partial charge in [0.25, 0.3) is 5.91 Å². The van der Waals surface area contributed by atoms with Crippen molar-refractivity contribution in [3.8, 4) is 11.5 Å². The van der Waals surface area contributed by atoms with E-state index in [0.717, 1.165) is 4.68 Å². The molecule has 1 amide bonds. The number of benzene rings is 3. The molecule has 0 aliphatic heterocycles. The number of anilines is 1. The molecule has 4 rings (SSSR count). The SMILES string of the molecule is COc1ccc(C(=O)Nc2c(C)nn(Cc3c(F)c(F)c(F)c(F)c3F)c2C)cc1COc1ccc(Cl)cc1. The van der Waals surface area contributed by atoms with E-state index in [-0.39, 0.29) is 29.2 Å². The van der Waals surface area contributed by atoms with Crippen LogP contribution in [0.1, 0.15) is 32.9 Å². The van der Waals surface area contributed by atoms with Gasteiger partial charge in [0.05, 0.1) is 36.3 Å². The van der Waals surface area contributed by atoms with Crippen LogP contribution in [0.25, 0.3) is 0 Å². The Balaban J connectivity index is 1.56. The number of halogens is 6. The molecule has 12 heteroatoms. The maximum absolute atomic E-state index is 14.2. The number of nitrogens with zero attached hydrogens (tertiary/aromatic N) is 2. The molecule has 3 aromatic carbocycles. The monoisotopic (exact) mass is 565 g/mol. The Labute approximate surface area is 224 Å². The van der Waals surface area contributed by atoms with E-state index in [4.69, 9.17) is 21.1 Å². The molecule has 1 heterocycles. The molecule has 0 spiro atoms. The second kappa shape index (κ2) is 11.3. The van der Waals surface area contributed by atoms with E-state index in [9.17, 15) is 26.7 Å². The third kappa shape index (κ3) is 5.68. The zero-order valence-corrected chi connectivity index (χ0v) is 21.6. The van der Waals surface area contributed by atoms with E-state index >= 15 is 0 Å². The van der Waals surface area contributed by atoms with Crippen LogP contribution in [0.5, 0.6) is 11.5 Å². The van der Waals surface area contributed by atoms with Crippen LogP contribution in [-0.4, -0.2) is 22.8 Å². The van der Waals surface area contributed by atoms with Crippen LogP contribution in [0, 0.1) is 42.9 Å². The van der Waals surface area contributed by atoms with Crippen LogP contribution >= 0.6 is 11.6 Å². The van der Waals surface area contributed by atoms with Crippen LogP contribution in [0.4, 0.5) is 27.6 Å². The molecule has 0 aliphatic rings. The summed E-state index contributed by atoms with van der Waals surface area (Å²) in [6.45, 7) is 2.35. The molecule has 39 heavy (non-hydrogen) atoms. The number of rotatable bonds is 8. The van der Waals surface area contributed by atoms with Gasteiger partial charge in [0.1, 0.15) is 18.1 Å². The van der Waals surface area contributed by atoms with Crippen LogP contribution in [0.2, 0.25) is 5.02 Å². The fourth-order valence-electron chi connectivity index (χ4n) is 3.88. The summed E-state index contributed by atoms with van der Waals surface area (Å²) in [5.41, 5.74) is 0.510. The minimum Gasteiger partial charge on any atom is -0.496 e. The summed E-state index contributed by atoms with van der Waals surface area (Å²) in [7, 11) is 1.48. The number of aryl methyl sites for hydroxylation is 1. The van der Waals surface area contributed by atoms with E-state index in [1.54, 1.807) is 36.4 Å². The first-order valence-electron chi connectivity index (χ1n) is 11.4. The van der Waals surface area contributed by atoms with Gasteiger partial charge in [0, 0.05) is 16.1 Å². The van der Waals surface area contributed by atoms with Crippen molar-refractivity contribution in [1.29, 1.82) is 0 Å². The van der Waals surface area contributed by atoms with Crippen molar-refractivity contribution < 1.29 is 36.2 Å². The third-order valence-corrected chi connectivity index (χ3v) is 6.23. The van der Waals surface area contributed by atoms with Crippen LogP contribution in [-0.2, 0) is 13.2 Å². The summed E-state index contributed by atoms with van der Waals surface area (Å²) in [5.74, 6) is -9.72. The zero-order valence-electron chi connectivity index (χ0n) is 20.8. The Bertz CT molecular complexity index is 1530. The Morgan fingerprint density at radius 1 is 0.949 bits per heavy atom. The quantitative estimate of drug-likeness (QED) is 0.146. The van der Waals surface area contributed by atoms with E-state index in [1.165, 1.54) is 27.0 Å². The molecule has 1 aromatic heterocycles. The van der Waals surface area contributed by atoms with Crippen molar-refractivity contribution in [1.82, 2.24) is 9.78 Å². The predicted molar refractivity (Wildman–Crippen MR) is 134 cm³/mol. The minimum absolute atomic E-state index is 0.0871. The van der Waals surface area contributed by atoms with E-state index in [0.29, 0.717) is 22.1 Å². The lowest BCUT2D eigenvalue weighted by atomic mass is 10.1. The van der Waals surface area contributed by atoms with Gasteiger partial charge in [-0.2, -0.15) is 5.10 Å². The highest BCUT2D eigenvalue weighted by Crippen LogP contribution is 2.28. The molecule has 6 nitrogen and oxygen atoms in total. The van der Waals surface area contributed by atoms with Crippen LogP contribution in [0.3, 0.4) is 0 Å². The second-order valence-corrected chi connectivity index (χ2v) is 8.91. The van der Waals surface area contributed by atoms with Gasteiger partial charge in [-0.25, -0.2) is 22.0 Å². The van der Waals surface area contributed by atoms with Gasteiger partial charge >= 0.3 is 0 Å². The number of aromatic nitrogens is 2. The molecular formula is C27H21ClF5N3O3. The van der Waals surface area contributed by atoms with Crippen molar-refractivity contribution in [3.05, 3.63) is 105 Å². The fourth-order valence-corrected chi connectivity index (χ4v) is 4.01. The molecule has 0 saturated heterocycles. The van der Waals surface area contributed by atoms with Crippen molar-refractivity contribution in [2.75, 3.05) is 12.4 Å². The van der Waals surface area contributed by atoms with Crippen molar-refractivity contribution in [3.63, 3.8) is 0 Å². The number of hydrogen-bond donors (Lipinski definition) is 1. The van der Waals surface area contributed by atoms with Crippen LogP contribution < -0.4 is 14.8 Å². The molecule has 0 bridgehead atoms. The average molecular weight is 566 g/mol. The van der Waals surface area contributed by atoms with Crippen LogP contribution in [0.15, 0.2) is 42.5 Å². The highest BCUT2D eigenvalue weighted by molar-refractivity contribution is 6.30. The smallest absolute Gasteiger partial charge is 0.255 e. The molecule has 1 N–H and O–H groups in total. The molecule has 0 atom stereocenters. The zero-order chi connectivity index (χ0) is 28.4. The Kier molecular flexibility index (Phi) is 8.10. The molecule has 0 aliphatic carbocycles. The first-order chi connectivity index (χ1) is 18.5. The predicted octanol–water partition coefficient (Wildman–Crippen LogP) is 6.74. The lowest BCUT2D eigenvalue weighted by Gasteiger charge is -2.13. The summed E-state index contributed by atoms with van der Waals surface area (Å²) < 4.78 is 81.2. The summed E-state index contributed by atoms with van der Waals surface area (Å²) >= 11 is 5.89. The highest BCUT2D eigenvalue weighted by Gasteiger charge is 2.27. The van der Waals surface area contributed by atoms with Gasteiger partial charge in [-0.05, 0) is 56.3 Å². The van der Waals surface area contributed by atoms with Gasteiger partial charge in [-0.3, -0.25) is 9.48 Å². The first kappa shape index (κ1) is 27.9. The summed E-state index contributed by atoms with van der Waals surface area (Å²) in [5, 5.41) is 7.36. The standard InChI is InChI=1S/C27H21ClF5N3O3/c1-13-26(14(2)36(35-13)11-19-21(29)23(31)25(33)24(32)22(19)30)34-27(37)15-4-9-20(38-3)16(10-15)12-39-18-7-5-17(28)6-8-18/h4-10H,11-12H2,1-3H3,(H,34,37). The van der Waals surface area contributed by atoms with Crippen molar-refractivity contribution >= 4 is 23.2 Å². The second-order valence-electron chi connectivity index (χ2n) is 8.48. The number of methoxy groups -OCH3 is 1. The van der Waals surface area contributed by atoms with Gasteiger partial charge < -0.3 is 14.8 Å². The largest absolute Gasteiger partial charge is 0.496 e. The molecule has 0 radical (unpaired) electrons. The molecular weight excluding hydrogens is 545 g/mol. The Morgan fingerprint density at radius 3 is 2.18 bits per heavy atom. The number of carbonyl (C=O) groups is 1. The van der Waals surface area contributed by atoms with E-state index in [1.807, 2.05) is 0 Å². The maximum atomic E-state index is 14.2. The van der Waals surface area contributed by atoms with Gasteiger partial charge in [-0.15, -0.1) is 0 Å². The molecule has 204 valence electrons. The van der Waals surface area contributed by atoms with E-state index < -0.39 is 47.1 Å². The Morgan fingerprint density at radius 2 is 1.56 bits per heavy atom. The average Bonchev–Trinajstić information content (AvgIpc) is 3.19. The Hall–Kier alpha value is -4.12. The lowest BCUT2D eigenvalue weighted by Crippen LogP contribution is -2.15. The van der Waals surface area contributed by atoms with Gasteiger partial charge in [0.15, 0.2) is 23.3 Å². The molecule has 0 fully saturated rings. The third-order valence-electron chi connectivity index (χ3n) is 5.98. The van der Waals surface area contributed by atoms with E-state index in [2.05, 4.69) is 10.4 Å². The van der Waals surface area contributed by atoms with Gasteiger partial charge in [-0.1, -0.05) is 11.6 Å². The maximum Gasteiger partial charge on any atom is 0.255 e. The number of amides is 1. The number of ether oxygens (including phenoxy) is 2. The fraction of sp³-hybridized carbons (Fsp3) is 0.185. The summed E-state index contributed by atoms with van der Waals surface area (Å²) in [6.07, 6.45) is 0. The molecule has 0 unspecified atom stereocenters. The lowest BCUT2D eigenvalue weighted by molar-refractivity contribution is 0.102. The van der Waals surface area contributed by atoms with Crippen molar-refractivity contribution in [2.45, 2.75) is 27.0 Å².